The third-order valence-corrected chi connectivity index (χ3v) is 5.07. The van der Waals surface area contributed by atoms with Crippen molar-refractivity contribution in [3.8, 4) is 0 Å². The highest BCUT2D eigenvalue weighted by molar-refractivity contribution is 7.14. The molecule has 0 spiro atoms. The largest absolute Gasteiger partial charge is 0.478 e. The topological polar surface area (TPSA) is 78.4 Å². The summed E-state index contributed by atoms with van der Waals surface area (Å²) in [5.41, 5.74) is -0.0657. The lowest BCUT2D eigenvalue weighted by Gasteiger charge is -2.23. The first kappa shape index (κ1) is 15.5. The zero-order valence-electron chi connectivity index (χ0n) is 11.7. The zero-order valence-corrected chi connectivity index (χ0v) is 13.3. The van der Waals surface area contributed by atoms with Crippen LogP contribution >= 0.6 is 22.7 Å². The predicted molar refractivity (Wildman–Crippen MR) is 85.6 cm³/mol. The fraction of sp³-hybridized carbons (Fsp3) is 0.286. The molecule has 0 fully saturated rings. The Morgan fingerprint density at radius 2 is 2.00 bits per heavy atom. The van der Waals surface area contributed by atoms with Gasteiger partial charge in [-0.15, -0.1) is 22.7 Å². The van der Waals surface area contributed by atoms with Crippen molar-refractivity contribution < 1.29 is 14.7 Å². The summed E-state index contributed by atoms with van der Waals surface area (Å²) in [7, 11) is 0. The number of anilines is 1. The lowest BCUT2D eigenvalue weighted by Crippen LogP contribution is -2.38. The number of thiophene rings is 2. The summed E-state index contributed by atoms with van der Waals surface area (Å²) in [6.07, 6.45) is 0. The number of rotatable bonds is 5. The van der Waals surface area contributed by atoms with Gasteiger partial charge in [-0.3, -0.25) is 5.32 Å². The smallest absolute Gasteiger partial charge is 0.338 e. The molecular formula is C14H16N2O3S2. The lowest BCUT2D eigenvalue weighted by molar-refractivity contribution is 0.0698. The monoisotopic (exact) mass is 324 g/mol. The Morgan fingerprint density at radius 1 is 1.24 bits per heavy atom. The van der Waals surface area contributed by atoms with Gasteiger partial charge in [-0.05, 0) is 22.9 Å². The fourth-order valence-electron chi connectivity index (χ4n) is 1.77. The van der Waals surface area contributed by atoms with Gasteiger partial charge in [0, 0.05) is 16.8 Å². The van der Waals surface area contributed by atoms with Crippen LogP contribution in [0.15, 0.2) is 29.0 Å². The number of carboxylic acids is 1. The van der Waals surface area contributed by atoms with Crippen LogP contribution in [0.25, 0.3) is 0 Å². The molecule has 7 heteroatoms. The van der Waals surface area contributed by atoms with Gasteiger partial charge < -0.3 is 10.4 Å². The van der Waals surface area contributed by atoms with E-state index in [1.165, 1.54) is 22.3 Å². The molecule has 0 saturated carbocycles. The normalized spacial score (nSPS) is 11.1. The molecule has 2 aromatic rings. The molecule has 0 bridgehead atoms. The molecule has 0 aliphatic rings. The first-order chi connectivity index (χ1) is 9.90. The van der Waals surface area contributed by atoms with Crippen molar-refractivity contribution in [1.82, 2.24) is 5.32 Å². The van der Waals surface area contributed by atoms with Crippen LogP contribution in [0.2, 0.25) is 0 Å². The van der Waals surface area contributed by atoms with E-state index < -0.39 is 12.0 Å². The van der Waals surface area contributed by atoms with E-state index in [0.717, 1.165) is 0 Å². The van der Waals surface area contributed by atoms with E-state index in [9.17, 15) is 9.59 Å². The molecule has 2 rings (SSSR count). The van der Waals surface area contributed by atoms with Crippen LogP contribution in [-0.4, -0.2) is 23.7 Å². The Balaban J connectivity index is 1.93. The Hall–Kier alpha value is -1.86. The average molecular weight is 324 g/mol. The Bertz CT molecular complexity index is 632. The molecule has 0 aromatic carbocycles. The van der Waals surface area contributed by atoms with E-state index in [1.807, 2.05) is 31.4 Å². The molecule has 21 heavy (non-hydrogen) atoms. The highest BCUT2D eigenvalue weighted by Gasteiger charge is 2.23. The molecule has 0 radical (unpaired) electrons. The summed E-state index contributed by atoms with van der Waals surface area (Å²) in [6.45, 7) is 4.56. The Morgan fingerprint density at radius 3 is 2.62 bits per heavy atom. The average Bonchev–Trinajstić information content (AvgIpc) is 3.07. The summed E-state index contributed by atoms with van der Waals surface area (Å²) >= 11 is 2.83. The number of carbonyl (C=O) groups is 2. The number of nitrogens with one attached hydrogen (secondary N) is 2. The van der Waals surface area contributed by atoms with Gasteiger partial charge in [-0.25, -0.2) is 9.59 Å². The molecule has 0 aliphatic carbocycles. The van der Waals surface area contributed by atoms with E-state index >= 15 is 0 Å². The van der Waals surface area contributed by atoms with Gasteiger partial charge in [-0.1, -0.05) is 19.9 Å². The quantitative estimate of drug-likeness (QED) is 0.786. The summed E-state index contributed by atoms with van der Waals surface area (Å²) in [5, 5.41) is 18.3. The SMILES string of the molecule is CC(C)(CNC(=O)Nc1sccc1C(=O)O)c1cccs1. The zero-order chi connectivity index (χ0) is 15.5. The predicted octanol–water partition coefficient (Wildman–Crippen LogP) is 3.61. The molecule has 5 nitrogen and oxygen atoms in total. The molecule has 2 amide bonds. The van der Waals surface area contributed by atoms with Gasteiger partial charge in [0.2, 0.25) is 0 Å². The van der Waals surface area contributed by atoms with Gasteiger partial charge in [-0.2, -0.15) is 0 Å². The maximum absolute atomic E-state index is 11.9. The summed E-state index contributed by atoms with van der Waals surface area (Å²) < 4.78 is 0. The van der Waals surface area contributed by atoms with Crippen LogP contribution < -0.4 is 10.6 Å². The molecule has 0 atom stereocenters. The summed E-state index contributed by atoms with van der Waals surface area (Å²) in [5.74, 6) is -1.05. The van der Waals surface area contributed by atoms with Crippen LogP contribution in [-0.2, 0) is 5.41 Å². The van der Waals surface area contributed by atoms with E-state index in [1.54, 1.807) is 16.7 Å². The van der Waals surface area contributed by atoms with E-state index in [0.29, 0.717) is 11.5 Å². The van der Waals surface area contributed by atoms with Crippen molar-refractivity contribution in [3.05, 3.63) is 39.4 Å². The maximum atomic E-state index is 11.9. The van der Waals surface area contributed by atoms with Crippen molar-refractivity contribution in [1.29, 1.82) is 0 Å². The van der Waals surface area contributed by atoms with Gasteiger partial charge in [0.05, 0.1) is 5.56 Å². The highest BCUT2D eigenvalue weighted by atomic mass is 32.1. The minimum atomic E-state index is -1.05. The third kappa shape index (κ3) is 3.83. The van der Waals surface area contributed by atoms with Gasteiger partial charge >= 0.3 is 12.0 Å². The first-order valence-electron chi connectivity index (χ1n) is 6.30. The van der Waals surface area contributed by atoms with Gasteiger partial charge in [0.15, 0.2) is 0 Å². The lowest BCUT2D eigenvalue weighted by atomic mass is 9.91. The fourth-order valence-corrected chi connectivity index (χ4v) is 3.40. The minimum absolute atomic E-state index is 0.104. The standard InChI is InChI=1S/C14H16N2O3S2/c1-14(2,10-4-3-6-20-10)8-15-13(19)16-11-9(12(17)18)5-7-21-11/h3-7H,8H2,1-2H3,(H,17,18)(H2,15,16,19). The molecule has 0 aliphatic heterocycles. The Kier molecular flexibility index (Phi) is 4.64. The van der Waals surface area contributed by atoms with E-state index in [2.05, 4.69) is 10.6 Å². The van der Waals surface area contributed by atoms with Crippen molar-refractivity contribution >= 4 is 39.7 Å². The van der Waals surface area contributed by atoms with Crippen LogP contribution in [0.3, 0.4) is 0 Å². The molecule has 2 aromatic heterocycles. The number of urea groups is 1. The molecule has 3 N–H and O–H groups in total. The van der Waals surface area contributed by atoms with E-state index in [4.69, 9.17) is 5.11 Å². The Labute approximate surface area is 130 Å². The van der Waals surface area contributed by atoms with Crippen LogP contribution in [0.5, 0.6) is 0 Å². The van der Waals surface area contributed by atoms with Gasteiger partial charge in [0.25, 0.3) is 0 Å². The van der Waals surface area contributed by atoms with Crippen LogP contribution in [0.4, 0.5) is 9.80 Å². The van der Waals surface area contributed by atoms with Gasteiger partial charge in [0.1, 0.15) is 5.00 Å². The van der Waals surface area contributed by atoms with Crippen LogP contribution in [0.1, 0.15) is 29.1 Å². The molecular weight excluding hydrogens is 308 g/mol. The van der Waals surface area contributed by atoms with Crippen molar-refractivity contribution in [2.75, 3.05) is 11.9 Å². The number of carbonyl (C=O) groups excluding carboxylic acids is 1. The first-order valence-corrected chi connectivity index (χ1v) is 8.06. The number of hydrogen-bond acceptors (Lipinski definition) is 4. The van der Waals surface area contributed by atoms with Crippen molar-refractivity contribution in [2.45, 2.75) is 19.3 Å². The highest BCUT2D eigenvalue weighted by Crippen LogP contribution is 2.27. The number of carboxylic acid groups (broad SMARTS) is 1. The summed E-state index contributed by atoms with van der Waals surface area (Å²) in [6, 6.07) is 5.08. The molecule has 2 heterocycles. The number of hydrogen-bond donors (Lipinski definition) is 3. The molecule has 0 unspecified atom stereocenters. The maximum Gasteiger partial charge on any atom is 0.338 e. The third-order valence-electron chi connectivity index (χ3n) is 3.00. The second-order valence-electron chi connectivity index (χ2n) is 5.14. The molecule has 112 valence electrons. The number of amides is 2. The molecule has 0 saturated heterocycles. The van der Waals surface area contributed by atoms with E-state index in [-0.39, 0.29) is 11.0 Å². The second-order valence-corrected chi connectivity index (χ2v) is 7.00. The van der Waals surface area contributed by atoms with Crippen molar-refractivity contribution in [3.63, 3.8) is 0 Å². The minimum Gasteiger partial charge on any atom is -0.478 e. The van der Waals surface area contributed by atoms with Crippen LogP contribution in [0, 0.1) is 0 Å². The van der Waals surface area contributed by atoms with Crippen molar-refractivity contribution in [2.24, 2.45) is 0 Å². The second kappa shape index (κ2) is 6.28. The number of aromatic carboxylic acids is 1. The summed E-state index contributed by atoms with van der Waals surface area (Å²) in [4.78, 5) is 24.1.